The Morgan fingerprint density at radius 2 is 2.31 bits per heavy atom. The molecule has 1 aromatic carbocycles. The van der Waals surface area contributed by atoms with E-state index in [9.17, 15) is 4.79 Å². The van der Waals surface area contributed by atoms with Gasteiger partial charge in [0.05, 0.1) is 5.02 Å². The average Bonchev–Trinajstić information content (AvgIpc) is 2.22. The monoisotopic (exact) mass is 415 g/mol. The third kappa shape index (κ3) is 4.22. The van der Waals surface area contributed by atoms with Crippen LogP contribution in [0.3, 0.4) is 0 Å². The van der Waals surface area contributed by atoms with Gasteiger partial charge < -0.3 is 5.32 Å². The number of rotatable bonds is 4. The number of amides is 1. The van der Waals surface area contributed by atoms with Gasteiger partial charge in [0.25, 0.3) is 5.91 Å². The summed E-state index contributed by atoms with van der Waals surface area (Å²) in [4.78, 5) is 11.8. The molecule has 0 aliphatic carbocycles. The van der Waals surface area contributed by atoms with Crippen molar-refractivity contribution in [3.05, 3.63) is 32.4 Å². The molecular formula is C11H12BrClINO. The molecule has 5 heteroatoms. The average molecular weight is 416 g/mol. The van der Waals surface area contributed by atoms with Crippen molar-refractivity contribution >= 4 is 56.0 Å². The Kier molecular flexibility index (Phi) is 6.07. The molecule has 16 heavy (non-hydrogen) atoms. The van der Waals surface area contributed by atoms with Gasteiger partial charge in [-0.2, -0.15) is 0 Å². The highest BCUT2D eigenvalue weighted by Crippen LogP contribution is 2.19. The molecule has 88 valence electrons. The molecule has 0 saturated heterocycles. The quantitative estimate of drug-likeness (QED) is 0.586. The normalized spacial score (nSPS) is 12.2. The predicted octanol–water partition coefficient (Wildman–Crippen LogP) is 3.85. The Morgan fingerprint density at radius 1 is 1.62 bits per heavy atom. The van der Waals surface area contributed by atoms with Crippen LogP contribution < -0.4 is 5.32 Å². The van der Waals surface area contributed by atoms with Crippen molar-refractivity contribution in [2.75, 3.05) is 5.33 Å². The second kappa shape index (κ2) is 6.81. The summed E-state index contributed by atoms with van der Waals surface area (Å²) in [5.74, 6) is -0.0771. The molecule has 0 aliphatic heterocycles. The molecule has 0 bridgehead atoms. The molecule has 0 spiro atoms. The van der Waals surface area contributed by atoms with Crippen LogP contribution in [0.1, 0.15) is 23.7 Å². The van der Waals surface area contributed by atoms with Crippen molar-refractivity contribution in [2.24, 2.45) is 0 Å². The van der Waals surface area contributed by atoms with Crippen LogP contribution in [0.15, 0.2) is 18.2 Å². The molecule has 0 aliphatic rings. The fraction of sp³-hybridized carbons (Fsp3) is 0.364. The predicted molar refractivity (Wildman–Crippen MR) is 79.5 cm³/mol. The lowest BCUT2D eigenvalue weighted by Gasteiger charge is -2.12. The van der Waals surface area contributed by atoms with Crippen molar-refractivity contribution in [3.63, 3.8) is 0 Å². The Morgan fingerprint density at radius 3 is 2.88 bits per heavy atom. The summed E-state index contributed by atoms with van der Waals surface area (Å²) in [6.07, 6.45) is 0.907. The maximum Gasteiger partial charge on any atom is 0.251 e. The molecule has 0 fully saturated rings. The Bertz CT molecular complexity index is 386. The van der Waals surface area contributed by atoms with E-state index < -0.39 is 0 Å². The topological polar surface area (TPSA) is 29.1 Å². The summed E-state index contributed by atoms with van der Waals surface area (Å²) in [6, 6.07) is 5.47. The standard InChI is InChI=1S/C11H12BrClINO/c1-7(4-5-12)15-11(16)8-2-3-10(14)9(13)6-8/h2-3,6-7H,4-5H2,1H3,(H,15,16). The van der Waals surface area contributed by atoms with E-state index in [4.69, 9.17) is 11.6 Å². The van der Waals surface area contributed by atoms with Gasteiger partial charge in [0.1, 0.15) is 0 Å². The molecule has 1 atom stereocenters. The first-order valence-electron chi connectivity index (χ1n) is 4.86. The Balaban J connectivity index is 2.69. The second-order valence-corrected chi connectivity index (χ2v) is 5.84. The van der Waals surface area contributed by atoms with E-state index in [1.807, 2.05) is 13.0 Å². The SMILES string of the molecule is CC(CCBr)NC(=O)c1ccc(I)c(Cl)c1. The lowest BCUT2D eigenvalue weighted by molar-refractivity contribution is 0.0939. The smallest absolute Gasteiger partial charge is 0.251 e. The molecule has 0 aromatic heterocycles. The molecule has 1 aromatic rings. The van der Waals surface area contributed by atoms with Gasteiger partial charge in [-0.25, -0.2) is 0 Å². The molecule has 1 rings (SSSR count). The van der Waals surface area contributed by atoms with E-state index >= 15 is 0 Å². The van der Waals surface area contributed by atoms with Gasteiger partial charge in [0.2, 0.25) is 0 Å². The van der Waals surface area contributed by atoms with Crippen LogP contribution in [0.5, 0.6) is 0 Å². The number of halogens is 3. The zero-order valence-electron chi connectivity index (χ0n) is 8.77. The van der Waals surface area contributed by atoms with Crippen molar-refractivity contribution in [2.45, 2.75) is 19.4 Å². The van der Waals surface area contributed by atoms with Crippen molar-refractivity contribution in [1.29, 1.82) is 0 Å². The summed E-state index contributed by atoms with van der Waals surface area (Å²) in [5.41, 5.74) is 0.604. The van der Waals surface area contributed by atoms with Crippen LogP contribution in [-0.4, -0.2) is 17.3 Å². The summed E-state index contributed by atoms with van der Waals surface area (Å²) >= 11 is 11.4. The van der Waals surface area contributed by atoms with Gasteiger partial charge in [0.15, 0.2) is 0 Å². The first-order valence-corrected chi connectivity index (χ1v) is 7.44. The number of carbonyl (C=O) groups excluding carboxylic acids is 1. The Labute approximate surface area is 122 Å². The summed E-state index contributed by atoms with van der Waals surface area (Å²) < 4.78 is 0.948. The van der Waals surface area contributed by atoms with Crippen LogP contribution in [-0.2, 0) is 0 Å². The van der Waals surface area contributed by atoms with Crippen LogP contribution >= 0.6 is 50.1 Å². The molecule has 1 amide bonds. The third-order valence-electron chi connectivity index (χ3n) is 2.10. The van der Waals surface area contributed by atoms with E-state index in [-0.39, 0.29) is 11.9 Å². The number of nitrogens with one attached hydrogen (secondary N) is 1. The third-order valence-corrected chi connectivity index (χ3v) is 4.13. The van der Waals surface area contributed by atoms with Crippen LogP contribution in [0.25, 0.3) is 0 Å². The number of carbonyl (C=O) groups is 1. The molecule has 0 radical (unpaired) electrons. The highest BCUT2D eigenvalue weighted by molar-refractivity contribution is 14.1. The van der Waals surface area contributed by atoms with Crippen LogP contribution in [0.2, 0.25) is 5.02 Å². The zero-order chi connectivity index (χ0) is 12.1. The molecule has 0 heterocycles. The van der Waals surface area contributed by atoms with Gasteiger partial charge in [-0.05, 0) is 54.1 Å². The summed E-state index contributed by atoms with van der Waals surface area (Å²) in [5, 5.41) is 4.40. The fourth-order valence-electron chi connectivity index (χ4n) is 1.18. The molecule has 1 N–H and O–H groups in total. The van der Waals surface area contributed by atoms with Gasteiger partial charge in [-0.1, -0.05) is 27.5 Å². The minimum absolute atomic E-state index is 0.0771. The van der Waals surface area contributed by atoms with E-state index in [0.29, 0.717) is 10.6 Å². The van der Waals surface area contributed by atoms with Crippen LogP contribution in [0, 0.1) is 3.57 Å². The summed E-state index contributed by atoms with van der Waals surface area (Å²) in [7, 11) is 0. The lowest BCUT2D eigenvalue weighted by Crippen LogP contribution is -2.32. The van der Waals surface area contributed by atoms with E-state index in [2.05, 4.69) is 43.8 Å². The van der Waals surface area contributed by atoms with E-state index in [0.717, 1.165) is 15.3 Å². The van der Waals surface area contributed by atoms with Crippen molar-refractivity contribution in [1.82, 2.24) is 5.32 Å². The summed E-state index contributed by atoms with van der Waals surface area (Å²) in [6.45, 7) is 1.98. The van der Waals surface area contributed by atoms with Crippen molar-refractivity contribution in [3.8, 4) is 0 Å². The first-order chi connectivity index (χ1) is 7.54. The Hall–Kier alpha value is 0.190. The highest BCUT2D eigenvalue weighted by Gasteiger charge is 2.10. The van der Waals surface area contributed by atoms with Gasteiger partial charge >= 0.3 is 0 Å². The molecule has 0 saturated carbocycles. The highest BCUT2D eigenvalue weighted by atomic mass is 127. The van der Waals surface area contributed by atoms with Gasteiger partial charge in [0, 0.05) is 20.5 Å². The largest absolute Gasteiger partial charge is 0.350 e. The molecule has 1 unspecified atom stereocenters. The maximum atomic E-state index is 11.8. The van der Waals surface area contributed by atoms with E-state index in [1.54, 1.807) is 12.1 Å². The minimum Gasteiger partial charge on any atom is -0.350 e. The number of alkyl halides is 1. The first kappa shape index (κ1) is 14.3. The van der Waals surface area contributed by atoms with Gasteiger partial charge in [-0.15, -0.1) is 0 Å². The number of hydrogen-bond donors (Lipinski definition) is 1. The van der Waals surface area contributed by atoms with Gasteiger partial charge in [-0.3, -0.25) is 4.79 Å². The van der Waals surface area contributed by atoms with Crippen molar-refractivity contribution < 1.29 is 4.79 Å². The van der Waals surface area contributed by atoms with E-state index in [1.165, 1.54) is 0 Å². The zero-order valence-corrected chi connectivity index (χ0v) is 13.3. The second-order valence-electron chi connectivity index (χ2n) is 3.48. The maximum absolute atomic E-state index is 11.8. The van der Waals surface area contributed by atoms with Crippen LogP contribution in [0.4, 0.5) is 0 Å². The number of hydrogen-bond acceptors (Lipinski definition) is 1. The lowest BCUT2D eigenvalue weighted by atomic mass is 10.2. The number of benzene rings is 1. The minimum atomic E-state index is -0.0771. The fourth-order valence-corrected chi connectivity index (χ4v) is 2.38. The molecular weight excluding hydrogens is 404 g/mol. The molecule has 2 nitrogen and oxygen atoms in total.